The predicted octanol–water partition coefficient (Wildman–Crippen LogP) is 4.70. The third-order valence-electron chi connectivity index (χ3n) is 5.38. The summed E-state index contributed by atoms with van der Waals surface area (Å²) in [5.74, 6) is 4.94. The molecule has 0 radical (unpaired) electrons. The number of nitrogens with zero attached hydrogens (tertiary/aromatic N) is 3. The van der Waals surface area contributed by atoms with Crippen molar-refractivity contribution in [3.63, 3.8) is 0 Å². The van der Waals surface area contributed by atoms with E-state index < -0.39 is 0 Å². The average Bonchev–Trinajstić information content (AvgIpc) is 2.72. The lowest BCUT2D eigenvalue weighted by atomic mass is 9.92. The standard InChI is InChI=1S/C24H27N5/c1-4-19-6-5-7-21(11-19)28-24-22-12-20(8-9-23(22)25-15-26-24)27-16-29-13-17(2)10-18(3)14-29/h1,5-9,11-12,15,17-18,27H,10,13-14,16H2,2-3H3,(H,25,26,28). The van der Waals surface area contributed by atoms with E-state index in [1.165, 1.54) is 6.42 Å². The Kier molecular flexibility index (Phi) is 5.64. The number of hydrogen-bond donors (Lipinski definition) is 2. The van der Waals surface area contributed by atoms with Gasteiger partial charge in [0.25, 0.3) is 0 Å². The number of hydrogen-bond acceptors (Lipinski definition) is 5. The van der Waals surface area contributed by atoms with Crippen molar-refractivity contribution in [2.45, 2.75) is 20.3 Å². The minimum Gasteiger partial charge on any atom is -0.372 e. The summed E-state index contributed by atoms with van der Waals surface area (Å²) in [5, 5.41) is 7.93. The summed E-state index contributed by atoms with van der Waals surface area (Å²) in [4.78, 5) is 11.4. The van der Waals surface area contributed by atoms with Gasteiger partial charge in [0.15, 0.2) is 0 Å². The third kappa shape index (κ3) is 4.67. The Balaban J connectivity index is 1.53. The monoisotopic (exact) mass is 385 g/mol. The molecule has 0 aliphatic carbocycles. The summed E-state index contributed by atoms with van der Waals surface area (Å²) in [6, 6.07) is 14.0. The normalized spacial score (nSPS) is 19.6. The molecular formula is C24H27N5. The molecule has 2 aromatic carbocycles. The number of anilines is 3. The van der Waals surface area contributed by atoms with Crippen LogP contribution < -0.4 is 10.6 Å². The summed E-state index contributed by atoms with van der Waals surface area (Å²) in [5.41, 5.74) is 3.72. The number of piperidine rings is 1. The van der Waals surface area contributed by atoms with Crippen LogP contribution in [0.1, 0.15) is 25.8 Å². The third-order valence-corrected chi connectivity index (χ3v) is 5.38. The molecule has 1 aliphatic heterocycles. The zero-order chi connectivity index (χ0) is 20.2. The SMILES string of the molecule is C#Cc1cccc(Nc2ncnc3ccc(NCN4CC(C)CC(C)C4)cc23)c1. The van der Waals surface area contributed by atoms with Crippen LogP contribution >= 0.6 is 0 Å². The second-order valence-corrected chi connectivity index (χ2v) is 8.12. The summed E-state index contributed by atoms with van der Waals surface area (Å²) >= 11 is 0. The van der Waals surface area contributed by atoms with Crippen LogP contribution in [-0.2, 0) is 0 Å². The van der Waals surface area contributed by atoms with Crippen LogP contribution in [0.2, 0.25) is 0 Å². The Hall–Kier alpha value is -3.10. The number of aromatic nitrogens is 2. The molecule has 4 rings (SSSR count). The molecule has 5 nitrogen and oxygen atoms in total. The van der Waals surface area contributed by atoms with Crippen molar-refractivity contribution >= 4 is 28.1 Å². The molecule has 148 valence electrons. The first-order chi connectivity index (χ1) is 14.1. The van der Waals surface area contributed by atoms with Gasteiger partial charge in [0.1, 0.15) is 12.1 Å². The first-order valence-corrected chi connectivity index (χ1v) is 10.2. The lowest BCUT2D eigenvalue weighted by molar-refractivity contribution is 0.150. The van der Waals surface area contributed by atoms with Crippen LogP contribution in [-0.4, -0.2) is 34.6 Å². The Morgan fingerprint density at radius 2 is 1.90 bits per heavy atom. The van der Waals surface area contributed by atoms with Gasteiger partial charge in [-0.05, 0) is 54.7 Å². The van der Waals surface area contributed by atoms with Gasteiger partial charge in [-0.2, -0.15) is 0 Å². The zero-order valence-electron chi connectivity index (χ0n) is 17.0. The van der Waals surface area contributed by atoms with Crippen molar-refractivity contribution in [2.24, 2.45) is 11.8 Å². The molecule has 29 heavy (non-hydrogen) atoms. The molecule has 0 spiro atoms. The fourth-order valence-electron chi connectivity index (χ4n) is 4.21. The van der Waals surface area contributed by atoms with Gasteiger partial charge in [-0.15, -0.1) is 6.42 Å². The van der Waals surface area contributed by atoms with Gasteiger partial charge < -0.3 is 10.6 Å². The maximum absolute atomic E-state index is 5.52. The molecule has 2 atom stereocenters. The van der Waals surface area contributed by atoms with Crippen molar-refractivity contribution in [2.75, 3.05) is 30.4 Å². The molecule has 1 saturated heterocycles. The van der Waals surface area contributed by atoms with Crippen molar-refractivity contribution < 1.29 is 0 Å². The van der Waals surface area contributed by atoms with Crippen LogP contribution in [0.25, 0.3) is 10.9 Å². The van der Waals surface area contributed by atoms with Crippen molar-refractivity contribution in [1.82, 2.24) is 14.9 Å². The van der Waals surface area contributed by atoms with Gasteiger partial charge in [0, 0.05) is 35.4 Å². The highest BCUT2D eigenvalue weighted by atomic mass is 15.2. The minimum absolute atomic E-state index is 0.750. The number of likely N-dealkylation sites (tertiary alicyclic amines) is 1. The Bertz CT molecular complexity index is 1030. The lowest BCUT2D eigenvalue weighted by Gasteiger charge is -2.35. The Labute approximate surface area is 172 Å². The largest absolute Gasteiger partial charge is 0.372 e. The summed E-state index contributed by atoms with van der Waals surface area (Å²) in [6.45, 7) is 7.81. The average molecular weight is 386 g/mol. The number of benzene rings is 2. The molecule has 1 fully saturated rings. The topological polar surface area (TPSA) is 53.1 Å². The molecule has 1 aliphatic rings. The Morgan fingerprint density at radius 1 is 1.07 bits per heavy atom. The van der Waals surface area contributed by atoms with Gasteiger partial charge >= 0.3 is 0 Å². The number of terminal acetylenes is 1. The van der Waals surface area contributed by atoms with E-state index in [0.29, 0.717) is 0 Å². The van der Waals surface area contributed by atoms with Crippen molar-refractivity contribution in [3.8, 4) is 12.3 Å². The first kappa shape index (κ1) is 19.2. The molecule has 5 heteroatoms. The highest BCUT2D eigenvalue weighted by Crippen LogP contribution is 2.26. The highest BCUT2D eigenvalue weighted by Gasteiger charge is 2.21. The summed E-state index contributed by atoms with van der Waals surface area (Å²) < 4.78 is 0. The molecular weight excluding hydrogens is 358 g/mol. The quantitative estimate of drug-likeness (QED) is 0.624. The van der Waals surface area contributed by atoms with Gasteiger partial charge in [-0.25, -0.2) is 9.97 Å². The molecule has 2 heterocycles. The predicted molar refractivity (Wildman–Crippen MR) is 120 cm³/mol. The van der Waals surface area contributed by atoms with E-state index >= 15 is 0 Å². The number of fused-ring (bicyclic) bond motifs is 1. The summed E-state index contributed by atoms with van der Waals surface area (Å²) in [6.07, 6.45) is 8.42. The second kappa shape index (κ2) is 8.50. The van der Waals surface area contributed by atoms with E-state index in [2.05, 4.69) is 57.4 Å². The Morgan fingerprint density at radius 3 is 2.69 bits per heavy atom. The fraction of sp³-hybridized carbons (Fsp3) is 0.333. The van der Waals surface area contributed by atoms with Gasteiger partial charge in [0.05, 0.1) is 12.2 Å². The van der Waals surface area contributed by atoms with E-state index in [4.69, 9.17) is 6.42 Å². The van der Waals surface area contributed by atoms with E-state index in [-0.39, 0.29) is 0 Å². The van der Waals surface area contributed by atoms with E-state index in [9.17, 15) is 0 Å². The maximum Gasteiger partial charge on any atom is 0.141 e. The molecule has 2 N–H and O–H groups in total. The van der Waals surface area contributed by atoms with E-state index in [1.807, 2.05) is 30.3 Å². The highest BCUT2D eigenvalue weighted by molar-refractivity contribution is 5.92. The summed E-state index contributed by atoms with van der Waals surface area (Å²) in [7, 11) is 0. The number of nitrogens with one attached hydrogen (secondary N) is 2. The minimum atomic E-state index is 0.750. The molecule has 0 saturated carbocycles. The fourth-order valence-corrected chi connectivity index (χ4v) is 4.21. The lowest BCUT2D eigenvalue weighted by Crippen LogP contribution is -2.41. The van der Waals surface area contributed by atoms with Crippen LogP contribution in [0.3, 0.4) is 0 Å². The van der Waals surface area contributed by atoms with Crippen LogP contribution in [0.15, 0.2) is 48.8 Å². The smallest absolute Gasteiger partial charge is 0.141 e. The van der Waals surface area contributed by atoms with E-state index in [0.717, 1.165) is 65.3 Å². The van der Waals surface area contributed by atoms with Gasteiger partial charge in [0.2, 0.25) is 0 Å². The molecule has 1 aromatic heterocycles. The number of rotatable bonds is 5. The van der Waals surface area contributed by atoms with Crippen LogP contribution in [0, 0.1) is 24.2 Å². The molecule has 0 amide bonds. The first-order valence-electron chi connectivity index (χ1n) is 10.2. The zero-order valence-corrected chi connectivity index (χ0v) is 17.0. The van der Waals surface area contributed by atoms with Crippen molar-refractivity contribution in [1.29, 1.82) is 0 Å². The second-order valence-electron chi connectivity index (χ2n) is 8.12. The van der Waals surface area contributed by atoms with Crippen LogP contribution in [0.5, 0.6) is 0 Å². The molecule has 2 unspecified atom stereocenters. The van der Waals surface area contributed by atoms with Gasteiger partial charge in [-0.3, -0.25) is 4.90 Å². The molecule has 3 aromatic rings. The van der Waals surface area contributed by atoms with Crippen LogP contribution in [0.4, 0.5) is 17.2 Å². The maximum atomic E-state index is 5.52. The van der Waals surface area contributed by atoms with Gasteiger partial charge in [-0.1, -0.05) is 25.8 Å². The van der Waals surface area contributed by atoms with Crippen molar-refractivity contribution in [3.05, 3.63) is 54.4 Å². The molecule has 0 bridgehead atoms. The van der Waals surface area contributed by atoms with E-state index in [1.54, 1.807) is 6.33 Å².